The first-order valence-corrected chi connectivity index (χ1v) is 6.41. The summed E-state index contributed by atoms with van der Waals surface area (Å²) in [4.78, 5) is 11.0. The zero-order valence-electron chi connectivity index (χ0n) is 10.8. The molecule has 0 amide bonds. The second kappa shape index (κ2) is 5.45. The fourth-order valence-electron chi connectivity index (χ4n) is 2.22. The van der Waals surface area contributed by atoms with Crippen LogP contribution in [0.3, 0.4) is 0 Å². The molecule has 2 aromatic rings. The van der Waals surface area contributed by atoms with Crippen molar-refractivity contribution >= 4 is 5.97 Å². The van der Waals surface area contributed by atoms with Crippen molar-refractivity contribution in [1.82, 2.24) is 0 Å². The minimum absolute atomic E-state index is 0.283. The number of hydrogen-bond donors (Lipinski definition) is 1. The zero-order chi connectivity index (χ0) is 13.9. The lowest BCUT2D eigenvalue weighted by molar-refractivity contribution is -0.0441. The maximum absolute atomic E-state index is 11.0. The Bertz CT molecular complexity index is 613. The summed E-state index contributed by atoms with van der Waals surface area (Å²) >= 11 is 0. The second-order valence-corrected chi connectivity index (χ2v) is 4.58. The highest BCUT2D eigenvalue weighted by molar-refractivity contribution is 5.89. The Morgan fingerprint density at radius 3 is 2.35 bits per heavy atom. The van der Waals surface area contributed by atoms with E-state index < -0.39 is 5.97 Å². The van der Waals surface area contributed by atoms with E-state index in [1.165, 1.54) is 0 Å². The maximum atomic E-state index is 11.0. The number of ether oxygens (including phenoxy) is 2. The van der Waals surface area contributed by atoms with E-state index in [-0.39, 0.29) is 11.9 Å². The average molecular weight is 270 g/mol. The van der Waals surface area contributed by atoms with Gasteiger partial charge in [0.25, 0.3) is 0 Å². The van der Waals surface area contributed by atoms with E-state index in [9.17, 15) is 4.79 Å². The van der Waals surface area contributed by atoms with Crippen LogP contribution < -0.4 is 0 Å². The molecule has 4 heteroatoms. The van der Waals surface area contributed by atoms with Crippen molar-refractivity contribution in [3.05, 3.63) is 59.7 Å². The van der Waals surface area contributed by atoms with E-state index >= 15 is 0 Å². The quantitative estimate of drug-likeness (QED) is 0.931. The van der Waals surface area contributed by atoms with Gasteiger partial charge in [0.2, 0.25) is 0 Å². The highest BCUT2D eigenvalue weighted by Crippen LogP contribution is 2.26. The fourth-order valence-corrected chi connectivity index (χ4v) is 2.22. The van der Waals surface area contributed by atoms with Gasteiger partial charge in [-0.2, -0.15) is 0 Å². The summed E-state index contributed by atoms with van der Waals surface area (Å²) in [6, 6.07) is 14.7. The summed E-state index contributed by atoms with van der Waals surface area (Å²) < 4.78 is 10.9. The van der Waals surface area contributed by atoms with Crippen LogP contribution >= 0.6 is 0 Å². The van der Waals surface area contributed by atoms with E-state index in [2.05, 4.69) is 0 Å². The van der Waals surface area contributed by atoms with Gasteiger partial charge in [-0.1, -0.05) is 36.4 Å². The lowest BCUT2D eigenvalue weighted by atomic mass is 10.0. The number of carboxylic acids is 1. The lowest BCUT2D eigenvalue weighted by Crippen LogP contribution is -1.98. The van der Waals surface area contributed by atoms with Crippen molar-refractivity contribution in [2.24, 2.45) is 0 Å². The van der Waals surface area contributed by atoms with Gasteiger partial charge in [-0.25, -0.2) is 4.79 Å². The van der Waals surface area contributed by atoms with Crippen molar-refractivity contribution in [3.63, 3.8) is 0 Å². The zero-order valence-corrected chi connectivity index (χ0v) is 10.8. The molecule has 0 atom stereocenters. The largest absolute Gasteiger partial charge is 0.478 e. The molecule has 1 fully saturated rings. The Morgan fingerprint density at radius 2 is 1.70 bits per heavy atom. The molecule has 0 bridgehead atoms. The molecule has 0 aliphatic carbocycles. The number of hydrogen-bond acceptors (Lipinski definition) is 3. The molecule has 1 heterocycles. The van der Waals surface area contributed by atoms with Crippen LogP contribution in [0.1, 0.15) is 22.2 Å². The van der Waals surface area contributed by atoms with Crippen molar-refractivity contribution in [2.45, 2.75) is 6.29 Å². The van der Waals surface area contributed by atoms with Gasteiger partial charge in [-0.15, -0.1) is 0 Å². The molecule has 20 heavy (non-hydrogen) atoms. The molecule has 1 N–H and O–H groups in total. The van der Waals surface area contributed by atoms with E-state index in [1.54, 1.807) is 18.2 Å². The van der Waals surface area contributed by atoms with Crippen molar-refractivity contribution in [3.8, 4) is 11.1 Å². The van der Waals surface area contributed by atoms with Crippen molar-refractivity contribution in [1.29, 1.82) is 0 Å². The highest BCUT2D eigenvalue weighted by Gasteiger charge is 2.17. The molecule has 1 aliphatic heterocycles. The fraction of sp³-hybridized carbons (Fsp3) is 0.188. The SMILES string of the molecule is O=C(O)c1cccc(-c2ccc(C3OCCO3)cc2)c1. The molecule has 0 aromatic heterocycles. The summed E-state index contributed by atoms with van der Waals surface area (Å²) in [6.45, 7) is 1.24. The number of carbonyl (C=O) groups is 1. The van der Waals surface area contributed by atoms with Crippen LogP contribution in [0.15, 0.2) is 48.5 Å². The van der Waals surface area contributed by atoms with E-state index in [0.29, 0.717) is 13.2 Å². The minimum Gasteiger partial charge on any atom is -0.478 e. The first kappa shape index (κ1) is 12.8. The normalized spacial score (nSPS) is 15.4. The van der Waals surface area contributed by atoms with Gasteiger partial charge >= 0.3 is 5.97 Å². The molecule has 2 aromatic carbocycles. The van der Waals surface area contributed by atoms with Crippen LogP contribution in [0, 0.1) is 0 Å². The highest BCUT2D eigenvalue weighted by atomic mass is 16.7. The smallest absolute Gasteiger partial charge is 0.335 e. The van der Waals surface area contributed by atoms with Gasteiger partial charge in [0.1, 0.15) is 0 Å². The lowest BCUT2D eigenvalue weighted by Gasteiger charge is -2.10. The molecule has 1 aliphatic rings. The number of aromatic carboxylic acids is 1. The molecule has 1 saturated heterocycles. The topological polar surface area (TPSA) is 55.8 Å². The number of rotatable bonds is 3. The van der Waals surface area contributed by atoms with Gasteiger partial charge in [-0.3, -0.25) is 0 Å². The molecule has 4 nitrogen and oxygen atoms in total. The van der Waals surface area contributed by atoms with E-state index in [1.807, 2.05) is 30.3 Å². The molecule has 0 saturated carbocycles. The third-order valence-corrected chi connectivity index (χ3v) is 3.25. The van der Waals surface area contributed by atoms with Gasteiger partial charge in [0, 0.05) is 5.56 Å². The Morgan fingerprint density at radius 1 is 1.00 bits per heavy atom. The van der Waals surface area contributed by atoms with E-state index in [0.717, 1.165) is 16.7 Å². The average Bonchev–Trinajstić information content (AvgIpc) is 3.02. The van der Waals surface area contributed by atoms with Gasteiger partial charge in [0.05, 0.1) is 18.8 Å². The third-order valence-electron chi connectivity index (χ3n) is 3.25. The van der Waals surface area contributed by atoms with Crippen LogP contribution in [0.25, 0.3) is 11.1 Å². The van der Waals surface area contributed by atoms with Crippen LogP contribution in [0.5, 0.6) is 0 Å². The molecular weight excluding hydrogens is 256 g/mol. The maximum Gasteiger partial charge on any atom is 0.335 e. The molecule has 3 rings (SSSR count). The molecule has 0 spiro atoms. The van der Waals surface area contributed by atoms with E-state index in [4.69, 9.17) is 14.6 Å². The molecule has 0 unspecified atom stereocenters. The van der Waals surface area contributed by atoms with Crippen molar-refractivity contribution < 1.29 is 19.4 Å². The monoisotopic (exact) mass is 270 g/mol. The van der Waals surface area contributed by atoms with Crippen LogP contribution in [-0.4, -0.2) is 24.3 Å². The first-order valence-electron chi connectivity index (χ1n) is 6.41. The van der Waals surface area contributed by atoms with Crippen LogP contribution in [0.4, 0.5) is 0 Å². The minimum atomic E-state index is -0.920. The number of benzene rings is 2. The molecular formula is C16H14O4. The Labute approximate surface area is 116 Å². The van der Waals surface area contributed by atoms with Gasteiger partial charge < -0.3 is 14.6 Å². The number of carboxylic acid groups (broad SMARTS) is 1. The molecule has 102 valence electrons. The standard InChI is InChI=1S/C16H14O4/c17-15(18)14-3-1-2-13(10-14)11-4-6-12(7-5-11)16-19-8-9-20-16/h1-7,10,16H,8-9H2,(H,17,18). The van der Waals surface area contributed by atoms with Gasteiger partial charge in [0.15, 0.2) is 6.29 Å². The summed E-state index contributed by atoms with van der Waals surface area (Å²) in [6.07, 6.45) is -0.283. The van der Waals surface area contributed by atoms with Crippen LogP contribution in [0.2, 0.25) is 0 Å². The Balaban J connectivity index is 1.87. The van der Waals surface area contributed by atoms with Gasteiger partial charge in [-0.05, 0) is 23.3 Å². The summed E-state index contributed by atoms with van der Waals surface area (Å²) in [5.74, 6) is -0.920. The molecule has 0 radical (unpaired) electrons. The predicted molar refractivity (Wildman–Crippen MR) is 73.5 cm³/mol. The summed E-state index contributed by atoms with van der Waals surface area (Å²) in [5, 5.41) is 9.01. The summed E-state index contributed by atoms with van der Waals surface area (Å²) in [7, 11) is 0. The Kier molecular flexibility index (Phi) is 3.50. The predicted octanol–water partition coefficient (Wildman–Crippen LogP) is 3.10. The first-order chi connectivity index (χ1) is 9.74. The van der Waals surface area contributed by atoms with Crippen LogP contribution in [-0.2, 0) is 9.47 Å². The summed E-state index contributed by atoms with van der Waals surface area (Å²) in [5.41, 5.74) is 3.11. The third kappa shape index (κ3) is 2.57. The van der Waals surface area contributed by atoms with Crippen molar-refractivity contribution in [2.75, 3.05) is 13.2 Å². The second-order valence-electron chi connectivity index (χ2n) is 4.58. The Hall–Kier alpha value is -2.17.